The van der Waals surface area contributed by atoms with Crippen molar-refractivity contribution in [3.05, 3.63) is 54.7 Å². The van der Waals surface area contributed by atoms with Gasteiger partial charge in [0.05, 0.1) is 23.6 Å². The SMILES string of the molecule is Nc1ncc(C(=O)Nc2cncnc2)c2ccccc12. The zero-order valence-corrected chi connectivity index (χ0v) is 10.4. The molecule has 0 spiro atoms. The molecule has 6 nitrogen and oxygen atoms in total. The van der Waals surface area contributed by atoms with Crippen LogP contribution in [0.25, 0.3) is 10.8 Å². The van der Waals surface area contributed by atoms with Gasteiger partial charge in [-0.15, -0.1) is 0 Å². The van der Waals surface area contributed by atoms with Crippen LogP contribution in [0.3, 0.4) is 0 Å². The molecule has 0 saturated carbocycles. The smallest absolute Gasteiger partial charge is 0.257 e. The summed E-state index contributed by atoms with van der Waals surface area (Å²) >= 11 is 0. The predicted molar refractivity (Wildman–Crippen MR) is 76.1 cm³/mol. The van der Waals surface area contributed by atoms with Crippen LogP contribution in [0.2, 0.25) is 0 Å². The number of nitrogens with one attached hydrogen (secondary N) is 1. The van der Waals surface area contributed by atoms with Crippen LogP contribution in [0.4, 0.5) is 11.5 Å². The van der Waals surface area contributed by atoms with Crippen LogP contribution in [-0.2, 0) is 0 Å². The first kappa shape index (κ1) is 12.0. The summed E-state index contributed by atoms with van der Waals surface area (Å²) in [5.74, 6) is 0.128. The predicted octanol–water partition coefficient (Wildman–Crippen LogP) is 1.86. The number of anilines is 2. The zero-order valence-electron chi connectivity index (χ0n) is 10.4. The third kappa shape index (κ3) is 2.14. The van der Waals surface area contributed by atoms with Gasteiger partial charge in [0.15, 0.2) is 0 Å². The van der Waals surface area contributed by atoms with Crippen LogP contribution >= 0.6 is 0 Å². The van der Waals surface area contributed by atoms with E-state index in [0.29, 0.717) is 17.1 Å². The molecule has 0 atom stereocenters. The van der Waals surface area contributed by atoms with E-state index >= 15 is 0 Å². The van der Waals surface area contributed by atoms with Crippen molar-refractivity contribution in [3.8, 4) is 0 Å². The van der Waals surface area contributed by atoms with E-state index in [-0.39, 0.29) is 5.91 Å². The van der Waals surface area contributed by atoms with Gasteiger partial charge in [-0.3, -0.25) is 4.79 Å². The molecule has 0 fully saturated rings. The van der Waals surface area contributed by atoms with Gasteiger partial charge in [0, 0.05) is 11.6 Å². The first-order valence-electron chi connectivity index (χ1n) is 5.95. The lowest BCUT2D eigenvalue weighted by atomic mass is 10.1. The van der Waals surface area contributed by atoms with Gasteiger partial charge in [-0.2, -0.15) is 0 Å². The van der Waals surface area contributed by atoms with Crippen molar-refractivity contribution in [1.29, 1.82) is 0 Å². The second kappa shape index (κ2) is 4.93. The van der Waals surface area contributed by atoms with Crippen LogP contribution < -0.4 is 11.1 Å². The lowest BCUT2D eigenvalue weighted by Crippen LogP contribution is -2.13. The van der Waals surface area contributed by atoms with E-state index in [0.717, 1.165) is 10.8 Å². The van der Waals surface area contributed by atoms with Gasteiger partial charge in [-0.1, -0.05) is 24.3 Å². The first-order valence-corrected chi connectivity index (χ1v) is 5.95. The number of hydrogen-bond acceptors (Lipinski definition) is 5. The average molecular weight is 265 g/mol. The molecule has 0 radical (unpaired) electrons. The lowest BCUT2D eigenvalue weighted by molar-refractivity contribution is 0.102. The van der Waals surface area contributed by atoms with Crippen LogP contribution in [0.15, 0.2) is 49.2 Å². The Bertz CT molecular complexity index is 773. The summed E-state index contributed by atoms with van der Waals surface area (Å²) in [5, 5.41) is 4.24. The molecule has 0 aliphatic rings. The van der Waals surface area contributed by atoms with Crippen molar-refractivity contribution in [1.82, 2.24) is 15.0 Å². The Morgan fingerprint density at radius 2 is 1.75 bits per heavy atom. The maximum absolute atomic E-state index is 12.3. The van der Waals surface area contributed by atoms with Crippen LogP contribution in [0.1, 0.15) is 10.4 Å². The number of carbonyl (C=O) groups excluding carboxylic acids is 1. The van der Waals surface area contributed by atoms with E-state index in [9.17, 15) is 4.79 Å². The number of rotatable bonds is 2. The number of aromatic nitrogens is 3. The summed E-state index contributed by atoms with van der Waals surface area (Å²) in [6, 6.07) is 7.38. The standard InChI is InChI=1S/C14H11N5O/c15-13-11-4-2-1-3-10(11)12(7-18-13)14(20)19-9-5-16-8-17-6-9/h1-8H,(H2,15,18)(H,19,20). The van der Waals surface area contributed by atoms with E-state index in [4.69, 9.17) is 5.73 Å². The Hall–Kier alpha value is -3.02. The van der Waals surface area contributed by atoms with Gasteiger partial charge < -0.3 is 11.1 Å². The number of nitrogens with two attached hydrogens (primary N) is 1. The second-order valence-corrected chi connectivity index (χ2v) is 4.18. The summed E-state index contributed by atoms with van der Waals surface area (Å²) < 4.78 is 0. The minimum atomic E-state index is -0.275. The molecule has 1 amide bonds. The van der Waals surface area contributed by atoms with E-state index in [2.05, 4.69) is 20.3 Å². The molecule has 0 saturated heterocycles. The highest BCUT2D eigenvalue weighted by Gasteiger charge is 2.12. The summed E-state index contributed by atoms with van der Waals surface area (Å²) in [5.41, 5.74) is 6.80. The maximum atomic E-state index is 12.3. The van der Waals surface area contributed by atoms with Gasteiger partial charge >= 0.3 is 0 Å². The Labute approximate surface area is 114 Å². The van der Waals surface area contributed by atoms with E-state index < -0.39 is 0 Å². The van der Waals surface area contributed by atoms with Crippen LogP contribution in [-0.4, -0.2) is 20.9 Å². The van der Waals surface area contributed by atoms with Gasteiger partial charge in [-0.05, 0) is 5.39 Å². The molecule has 0 aliphatic carbocycles. The molecule has 3 rings (SSSR count). The molecule has 6 heteroatoms. The van der Waals surface area contributed by atoms with Crippen molar-refractivity contribution in [3.63, 3.8) is 0 Å². The Morgan fingerprint density at radius 1 is 1.05 bits per heavy atom. The highest BCUT2D eigenvalue weighted by molar-refractivity contribution is 6.13. The van der Waals surface area contributed by atoms with Crippen LogP contribution in [0.5, 0.6) is 0 Å². The number of nitrogens with zero attached hydrogens (tertiary/aromatic N) is 3. The number of nitrogen functional groups attached to an aromatic ring is 1. The molecule has 0 unspecified atom stereocenters. The fourth-order valence-corrected chi connectivity index (χ4v) is 1.96. The first-order chi connectivity index (χ1) is 9.75. The van der Waals surface area contributed by atoms with E-state index in [1.54, 1.807) is 0 Å². The number of amides is 1. The molecular weight excluding hydrogens is 254 g/mol. The topological polar surface area (TPSA) is 93.8 Å². The fourth-order valence-electron chi connectivity index (χ4n) is 1.96. The fraction of sp³-hybridized carbons (Fsp3) is 0. The van der Waals surface area contributed by atoms with Gasteiger partial charge in [0.25, 0.3) is 5.91 Å². The minimum Gasteiger partial charge on any atom is -0.383 e. The van der Waals surface area contributed by atoms with Crippen LogP contribution in [0, 0.1) is 0 Å². The maximum Gasteiger partial charge on any atom is 0.257 e. The molecule has 2 aromatic heterocycles. The number of pyridine rings is 1. The van der Waals surface area contributed by atoms with Crippen molar-refractivity contribution < 1.29 is 4.79 Å². The molecule has 3 N–H and O–H groups in total. The molecule has 0 bridgehead atoms. The highest BCUT2D eigenvalue weighted by atomic mass is 16.1. The molecule has 1 aromatic carbocycles. The molecular formula is C14H11N5O. The Kier molecular flexibility index (Phi) is 2.96. The Morgan fingerprint density at radius 3 is 2.50 bits per heavy atom. The molecule has 98 valence electrons. The molecule has 20 heavy (non-hydrogen) atoms. The number of hydrogen-bond donors (Lipinski definition) is 2. The quantitative estimate of drug-likeness (QED) is 0.737. The number of carbonyl (C=O) groups is 1. The molecule has 0 aliphatic heterocycles. The van der Waals surface area contributed by atoms with E-state index in [1.807, 2.05) is 24.3 Å². The monoisotopic (exact) mass is 265 g/mol. The van der Waals surface area contributed by atoms with Gasteiger partial charge in [0.1, 0.15) is 12.1 Å². The Balaban J connectivity index is 2.02. The summed E-state index contributed by atoms with van der Waals surface area (Å²) in [7, 11) is 0. The average Bonchev–Trinajstić information content (AvgIpc) is 2.49. The van der Waals surface area contributed by atoms with Gasteiger partial charge in [-0.25, -0.2) is 15.0 Å². The summed E-state index contributed by atoms with van der Waals surface area (Å²) in [6.45, 7) is 0. The summed E-state index contributed by atoms with van der Waals surface area (Å²) in [6.07, 6.45) is 5.92. The molecule has 3 aromatic rings. The number of fused-ring (bicyclic) bond motifs is 1. The number of benzene rings is 1. The largest absolute Gasteiger partial charge is 0.383 e. The third-order valence-corrected chi connectivity index (χ3v) is 2.89. The third-order valence-electron chi connectivity index (χ3n) is 2.89. The van der Waals surface area contributed by atoms with Crippen molar-refractivity contribution in [2.45, 2.75) is 0 Å². The normalized spacial score (nSPS) is 10.4. The van der Waals surface area contributed by atoms with Crippen molar-refractivity contribution >= 4 is 28.2 Å². The zero-order chi connectivity index (χ0) is 13.9. The van der Waals surface area contributed by atoms with E-state index in [1.165, 1.54) is 24.9 Å². The van der Waals surface area contributed by atoms with Gasteiger partial charge in [0.2, 0.25) is 0 Å². The van der Waals surface area contributed by atoms with Crippen molar-refractivity contribution in [2.24, 2.45) is 0 Å². The molecule has 2 heterocycles. The second-order valence-electron chi connectivity index (χ2n) is 4.18. The minimum absolute atomic E-state index is 0.275. The summed E-state index contributed by atoms with van der Waals surface area (Å²) in [4.78, 5) is 24.0. The van der Waals surface area contributed by atoms with Crippen molar-refractivity contribution in [2.75, 3.05) is 11.1 Å². The lowest BCUT2D eigenvalue weighted by Gasteiger charge is -2.08. The highest BCUT2D eigenvalue weighted by Crippen LogP contribution is 2.22.